The molecule has 0 aliphatic carbocycles. The first-order valence-corrected chi connectivity index (χ1v) is 9.22. The molecular weight excluding hydrogens is 326 g/mol. The number of benzene rings is 2. The van der Waals surface area contributed by atoms with E-state index in [1.165, 1.54) is 5.56 Å². The molecule has 0 aromatic heterocycles. The van der Waals surface area contributed by atoms with Gasteiger partial charge in [0.1, 0.15) is 0 Å². The zero-order chi connectivity index (χ0) is 17.9. The molecule has 4 rings (SSSR count). The Morgan fingerprint density at radius 2 is 1.88 bits per heavy atom. The van der Waals surface area contributed by atoms with E-state index >= 15 is 0 Å². The van der Waals surface area contributed by atoms with E-state index in [9.17, 15) is 9.59 Å². The summed E-state index contributed by atoms with van der Waals surface area (Å²) in [6, 6.07) is 17.8. The first kappa shape index (κ1) is 16.6. The standard InChI is InChI=1S/C21H23N3O2/c25-20-10-5-12-24(20)19-9-4-8-18(14-19)22-21(26)23-13-11-17(15-23)16-6-2-1-3-7-16/h1-4,6-9,14,17H,5,10-13,15H2,(H,22,26)/t17-/m0/s1. The Labute approximate surface area is 153 Å². The van der Waals surface area contributed by atoms with Gasteiger partial charge in [0, 0.05) is 43.3 Å². The summed E-state index contributed by atoms with van der Waals surface area (Å²) in [5.41, 5.74) is 2.88. The van der Waals surface area contributed by atoms with E-state index in [1.807, 2.05) is 47.4 Å². The molecule has 5 heteroatoms. The van der Waals surface area contributed by atoms with Crippen LogP contribution in [0.4, 0.5) is 16.2 Å². The highest BCUT2D eigenvalue weighted by Crippen LogP contribution is 2.28. The number of likely N-dealkylation sites (tertiary alicyclic amines) is 1. The summed E-state index contributed by atoms with van der Waals surface area (Å²) in [7, 11) is 0. The molecule has 1 N–H and O–H groups in total. The van der Waals surface area contributed by atoms with Crippen molar-refractivity contribution < 1.29 is 9.59 Å². The van der Waals surface area contributed by atoms with Gasteiger partial charge in [-0.05, 0) is 36.6 Å². The Morgan fingerprint density at radius 1 is 1.04 bits per heavy atom. The zero-order valence-electron chi connectivity index (χ0n) is 14.7. The van der Waals surface area contributed by atoms with Crippen LogP contribution < -0.4 is 10.2 Å². The molecule has 0 radical (unpaired) electrons. The summed E-state index contributed by atoms with van der Waals surface area (Å²) >= 11 is 0. The highest BCUT2D eigenvalue weighted by molar-refractivity contribution is 5.96. The number of nitrogens with one attached hydrogen (secondary N) is 1. The lowest BCUT2D eigenvalue weighted by Crippen LogP contribution is -2.33. The highest BCUT2D eigenvalue weighted by Gasteiger charge is 2.27. The Bertz CT molecular complexity index is 806. The number of carbonyl (C=O) groups is 2. The molecule has 2 fully saturated rings. The lowest BCUT2D eigenvalue weighted by molar-refractivity contribution is -0.117. The topological polar surface area (TPSA) is 52.7 Å². The first-order chi connectivity index (χ1) is 12.7. The van der Waals surface area contributed by atoms with Crippen molar-refractivity contribution in [2.45, 2.75) is 25.2 Å². The van der Waals surface area contributed by atoms with Crippen LogP contribution in [0.25, 0.3) is 0 Å². The predicted octanol–water partition coefficient (Wildman–Crippen LogP) is 3.83. The third-order valence-corrected chi connectivity index (χ3v) is 5.23. The van der Waals surface area contributed by atoms with Crippen molar-refractivity contribution in [1.29, 1.82) is 0 Å². The van der Waals surface area contributed by atoms with E-state index in [2.05, 4.69) is 17.4 Å². The third-order valence-electron chi connectivity index (χ3n) is 5.23. The molecule has 2 aliphatic rings. The Morgan fingerprint density at radius 3 is 2.65 bits per heavy atom. The summed E-state index contributed by atoms with van der Waals surface area (Å²) in [4.78, 5) is 28.2. The fraction of sp³-hybridized carbons (Fsp3) is 0.333. The van der Waals surface area contributed by atoms with Crippen LogP contribution in [0, 0.1) is 0 Å². The van der Waals surface area contributed by atoms with Gasteiger partial charge in [0.25, 0.3) is 0 Å². The second kappa shape index (κ2) is 7.20. The van der Waals surface area contributed by atoms with Gasteiger partial charge in [-0.3, -0.25) is 4.79 Å². The maximum atomic E-state index is 12.6. The number of hydrogen-bond acceptors (Lipinski definition) is 2. The molecule has 2 aromatic carbocycles. The van der Waals surface area contributed by atoms with Crippen LogP contribution in [0.2, 0.25) is 0 Å². The van der Waals surface area contributed by atoms with Gasteiger partial charge in [-0.15, -0.1) is 0 Å². The predicted molar refractivity (Wildman–Crippen MR) is 102 cm³/mol. The SMILES string of the molecule is O=C(Nc1cccc(N2CCCC2=O)c1)N1CC[C@H](c2ccccc2)C1. The summed E-state index contributed by atoms with van der Waals surface area (Å²) < 4.78 is 0. The monoisotopic (exact) mass is 349 g/mol. The largest absolute Gasteiger partial charge is 0.324 e. The van der Waals surface area contributed by atoms with E-state index in [1.54, 1.807) is 4.90 Å². The fourth-order valence-corrected chi connectivity index (χ4v) is 3.82. The van der Waals surface area contributed by atoms with Crippen molar-refractivity contribution in [2.75, 3.05) is 29.9 Å². The normalized spacial score (nSPS) is 19.8. The second-order valence-electron chi connectivity index (χ2n) is 6.97. The lowest BCUT2D eigenvalue weighted by Gasteiger charge is -2.19. The van der Waals surface area contributed by atoms with Gasteiger partial charge in [0.2, 0.25) is 5.91 Å². The van der Waals surface area contributed by atoms with Gasteiger partial charge >= 0.3 is 6.03 Å². The quantitative estimate of drug-likeness (QED) is 0.915. The summed E-state index contributed by atoms with van der Waals surface area (Å²) in [6.45, 7) is 2.25. The number of hydrogen-bond donors (Lipinski definition) is 1. The Hall–Kier alpha value is -2.82. The smallest absolute Gasteiger partial charge is 0.321 e. The van der Waals surface area contributed by atoms with E-state index in [4.69, 9.17) is 0 Å². The molecule has 3 amide bonds. The molecule has 134 valence electrons. The molecule has 0 saturated carbocycles. The van der Waals surface area contributed by atoms with E-state index in [0.717, 1.165) is 43.9 Å². The van der Waals surface area contributed by atoms with Crippen molar-refractivity contribution in [1.82, 2.24) is 4.90 Å². The molecule has 2 aliphatic heterocycles. The van der Waals surface area contributed by atoms with Gasteiger partial charge in [0.15, 0.2) is 0 Å². The van der Waals surface area contributed by atoms with Gasteiger partial charge in [-0.1, -0.05) is 36.4 Å². The Kier molecular flexibility index (Phi) is 4.61. The number of rotatable bonds is 3. The minimum Gasteiger partial charge on any atom is -0.324 e. The van der Waals surface area contributed by atoms with Crippen molar-refractivity contribution >= 4 is 23.3 Å². The molecule has 1 atom stereocenters. The van der Waals surface area contributed by atoms with Crippen LogP contribution >= 0.6 is 0 Å². The number of carbonyl (C=O) groups excluding carboxylic acids is 2. The Balaban J connectivity index is 1.40. The van der Waals surface area contributed by atoms with E-state index in [0.29, 0.717) is 12.3 Å². The molecule has 2 aromatic rings. The third kappa shape index (κ3) is 3.43. The molecule has 0 spiro atoms. The first-order valence-electron chi connectivity index (χ1n) is 9.22. The van der Waals surface area contributed by atoms with Gasteiger partial charge < -0.3 is 15.1 Å². The maximum absolute atomic E-state index is 12.6. The van der Waals surface area contributed by atoms with Gasteiger partial charge in [0.05, 0.1) is 0 Å². The van der Waals surface area contributed by atoms with Gasteiger partial charge in [-0.2, -0.15) is 0 Å². The number of urea groups is 1. The minimum absolute atomic E-state index is 0.0756. The average Bonchev–Trinajstić information content (AvgIpc) is 3.32. The van der Waals surface area contributed by atoms with Crippen molar-refractivity contribution in [3.05, 3.63) is 60.2 Å². The van der Waals surface area contributed by atoms with Crippen LogP contribution in [0.1, 0.15) is 30.7 Å². The lowest BCUT2D eigenvalue weighted by atomic mass is 9.99. The van der Waals surface area contributed by atoms with Crippen LogP contribution in [0.3, 0.4) is 0 Å². The molecule has 26 heavy (non-hydrogen) atoms. The van der Waals surface area contributed by atoms with Crippen molar-refractivity contribution in [3.63, 3.8) is 0 Å². The van der Waals surface area contributed by atoms with Crippen molar-refractivity contribution in [2.24, 2.45) is 0 Å². The summed E-state index contributed by atoms with van der Waals surface area (Å²) in [5, 5.41) is 2.98. The van der Waals surface area contributed by atoms with E-state index < -0.39 is 0 Å². The highest BCUT2D eigenvalue weighted by atomic mass is 16.2. The molecule has 2 heterocycles. The molecule has 0 unspecified atom stereocenters. The second-order valence-corrected chi connectivity index (χ2v) is 6.97. The van der Waals surface area contributed by atoms with Crippen LogP contribution in [-0.4, -0.2) is 36.5 Å². The minimum atomic E-state index is -0.0756. The summed E-state index contributed by atoms with van der Waals surface area (Å²) in [5.74, 6) is 0.550. The summed E-state index contributed by atoms with van der Waals surface area (Å²) in [6.07, 6.45) is 2.48. The number of anilines is 2. The zero-order valence-corrected chi connectivity index (χ0v) is 14.7. The van der Waals surface area contributed by atoms with Crippen LogP contribution in [-0.2, 0) is 4.79 Å². The molecule has 2 saturated heterocycles. The maximum Gasteiger partial charge on any atom is 0.321 e. The number of nitrogens with zero attached hydrogens (tertiary/aromatic N) is 2. The number of amides is 3. The van der Waals surface area contributed by atoms with E-state index in [-0.39, 0.29) is 11.9 Å². The molecule has 0 bridgehead atoms. The molecule has 5 nitrogen and oxygen atoms in total. The van der Waals surface area contributed by atoms with Gasteiger partial charge in [-0.25, -0.2) is 4.79 Å². The van der Waals surface area contributed by atoms with Crippen molar-refractivity contribution in [3.8, 4) is 0 Å². The average molecular weight is 349 g/mol. The fourth-order valence-electron chi connectivity index (χ4n) is 3.82. The van der Waals surface area contributed by atoms with Crippen LogP contribution in [0.15, 0.2) is 54.6 Å². The molecular formula is C21H23N3O2. The van der Waals surface area contributed by atoms with Crippen LogP contribution in [0.5, 0.6) is 0 Å².